The maximum absolute atomic E-state index is 13.2. The minimum absolute atomic E-state index is 0.470. The molecule has 0 heterocycles. The van der Waals surface area contributed by atoms with Gasteiger partial charge in [-0.25, -0.2) is 22.4 Å². The van der Waals surface area contributed by atoms with Crippen molar-refractivity contribution in [2.75, 3.05) is 0 Å². The van der Waals surface area contributed by atoms with E-state index in [0.29, 0.717) is 36.4 Å². The van der Waals surface area contributed by atoms with Crippen LogP contribution in [-0.4, -0.2) is 16.2 Å². The average Bonchev–Trinajstić information content (AvgIpc) is 2.35. The summed E-state index contributed by atoms with van der Waals surface area (Å²) >= 11 is 0. The maximum Gasteiger partial charge on any atom is 0.345 e. The summed E-state index contributed by atoms with van der Waals surface area (Å²) in [7, 11) is 0. The first-order chi connectivity index (χ1) is 9.73. The first kappa shape index (κ1) is 15.0. The van der Waals surface area contributed by atoms with Crippen molar-refractivity contribution in [2.24, 2.45) is 0 Å². The summed E-state index contributed by atoms with van der Waals surface area (Å²) in [5, 5.41) is 19.4. The lowest BCUT2D eigenvalue weighted by atomic mass is 9.86. The Morgan fingerprint density at radius 3 is 1.29 bits per heavy atom. The number of carboxylic acids is 1. The predicted octanol–water partition coefficient (Wildman–Crippen LogP) is 2.56. The molecule has 0 saturated carbocycles. The standard InChI is InChI=1S/C14H8F4O3/c15-9-1-7(2-10(16)5-9)14(21,13(19)20)8-3-11(17)6-12(18)4-8/h1-6,21H,(H,19,20). The van der Waals surface area contributed by atoms with Gasteiger partial charge >= 0.3 is 5.97 Å². The number of hydrogen-bond acceptors (Lipinski definition) is 2. The van der Waals surface area contributed by atoms with Crippen LogP contribution in [0.3, 0.4) is 0 Å². The first-order valence-electron chi connectivity index (χ1n) is 5.62. The van der Waals surface area contributed by atoms with Gasteiger partial charge < -0.3 is 10.2 Å². The van der Waals surface area contributed by atoms with Crippen LogP contribution < -0.4 is 0 Å². The summed E-state index contributed by atoms with van der Waals surface area (Å²) in [4.78, 5) is 11.3. The zero-order valence-electron chi connectivity index (χ0n) is 10.3. The summed E-state index contributed by atoms with van der Waals surface area (Å²) in [6, 6.07) is 3.22. The summed E-state index contributed by atoms with van der Waals surface area (Å²) in [5.74, 6) is -6.48. The fourth-order valence-electron chi connectivity index (χ4n) is 1.94. The summed E-state index contributed by atoms with van der Waals surface area (Å²) < 4.78 is 52.8. The van der Waals surface area contributed by atoms with E-state index in [1.807, 2.05) is 0 Å². The molecule has 0 saturated heterocycles. The van der Waals surface area contributed by atoms with E-state index in [4.69, 9.17) is 5.11 Å². The molecule has 110 valence electrons. The third-order valence-corrected chi connectivity index (χ3v) is 2.87. The second kappa shape index (κ2) is 5.17. The van der Waals surface area contributed by atoms with Gasteiger partial charge in [-0.3, -0.25) is 0 Å². The van der Waals surface area contributed by atoms with Gasteiger partial charge in [0.05, 0.1) is 0 Å². The molecule has 2 N–H and O–H groups in total. The SMILES string of the molecule is O=C(O)C(O)(c1cc(F)cc(F)c1)c1cc(F)cc(F)c1. The van der Waals surface area contributed by atoms with E-state index in [2.05, 4.69) is 0 Å². The molecule has 0 aromatic heterocycles. The van der Waals surface area contributed by atoms with Gasteiger partial charge in [0.2, 0.25) is 5.60 Å². The summed E-state index contributed by atoms with van der Waals surface area (Å²) in [5.41, 5.74) is -4.39. The summed E-state index contributed by atoms with van der Waals surface area (Å²) in [6.45, 7) is 0. The molecule has 0 spiro atoms. The van der Waals surface area contributed by atoms with Crippen LogP contribution in [0.15, 0.2) is 36.4 Å². The molecule has 0 aliphatic heterocycles. The van der Waals surface area contributed by atoms with E-state index in [9.17, 15) is 27.5 Å². The molecule has 0 amide bonds. The molecular weight excluding hydrogens is 292 g/mol. The second-order valence-electron chi connectivity index (χ2n) is 4.33. The van der Waals surface area contributed by atoms with Gasteiger partial charge in [0.15, 0.2) is 0 Å². The average molecular weight is 300 g/mol. The van der Waals surface area contributed by atoms with Crippen LogP contribution >= 0.6 is 0 Å². The van der Waals surface area contributed by atoms with Gasteiger partial charge in [-0.2, -0.15) is 0 Å². The quantitative estimate of drug-likeness (QED) is 0.857. The largest absolute Gasteiger partial charge is 0.479 e. The molecule has 0 bridgehead atoms. The van der Waals surface area contributed by atoms with Crippen LogP contribution in [0.5, 0.6) is 0 Å². The number of rotatable bonds is 3. The lowest BCUT2D eigenvalue weighted by Gasteiger charge is -2.24. The van der Waals surface area contributed by atoms with Gasteiger partial charge in [-0.1, -0.05) is 0 Å². The molecule has 2 rings (SSSR count). The topological polar surface area (TPSA) is 57.5 Å². The highest BCUT2D eigenvalue weighted by molar-refractivity contribution is 5.83. The zero-order chi connectivity index (χ0) is 15.8. The minimum atomic E-state index is -2.99. The monoisotopic (exact) mass is 300 g/mol. The van der Waals surface area contributed by atoms with Crippen molar-refractivity contribution in [3.63, 3.8) is 0 Å². The normalized spacial score (nSPS) is 11.5. The minimum Gasteiger partial charge on any atom is -0.479 e. The maximum atomic E-state index is 13.2. The van der Waals surface area contributed by atoms with E-state index in [1.165, 1.54) is 0 Å². The Balaban J connectivity index is 2.73. The zero-order valence-corrected chi connectivity index (χ0v) is 10.3. The van der Waals surface area contributed by atoms with Crippen molar-refractivity contribution in [3.8, 4) is 0 Å². The Kier molecular flexibility index (Phi) is 3.69. The molecule has 7 heteroatoms. The second-order valence-corrected chi connectivity index (χ2v) is 4.33. The molecule has 21 heavy (non-hydrogen) atoms. The highest BCUT2D eigenvalue weighted by Gasteiger charge is 2.41. The Morgan fingerprint density at radius 1 is 0.762 bits per heavy atom. The molecule has 3 nitrogen and oxygen atoms in total. The van der Waals surface area contributed by atoms with E-state index < -0.39 is 46.0 Å². The van der Waals surface area contributed by atoms with Crippen molar-refractivity contribution in [1.29, 1.82) is 0 Å². The van der Waals surface area contributed by atoms with Crippen LogP contribution in [0.2, 0.25) is 0 Å². The lowest BCUT2D eigenvalue weighted by molar-refractivity contribution is -0.155. The van der Waals surface area contributed by atoms with Crippen molar-refractivity contribution in [3.05, 3.63) is 70.8 Å². The molecule has 0 aliphatic carbocycles. The molecule has 2 aromatic rings. The number of carboxylic acid groups (broad SMARTS) is 1. The fourth-order valence-corrected chi connectivity index (χ4v) is 1.94. The number of benzene rings is 2. The predicted molar refractivity (Wildman–Crippen MR) is 63.4 cm³/mol. The van der Waals surface area contributed by atoms with E-state index in [1.54, 1.807) is 0 Å². The molecule has 0 unspecified atom stereocenters. The van der Waals surface area contributed by atoms with Crippen LogP contribution in [0.4, 0.5) is 17.6 Å². The van der Waals surface area contributed by atoms with Gasteiger partial charge in [-0.15, -0.1) is 0 Å². The molecule has 0 atom stereocenters. The van der Waals surface area contributed by atoms with Crippen molar-refractivity contribution < 1.29 is 32.6 Å². The lowest BCUT2D eigenvalue weighted by Crippen LogP contribution is -2.37. The molecule has 0 radical (unpaired) electrons. The highest BCUT2D eigenvalue weighted by atomic mass is 19.1. The van der Waals surface area contributed by atoms with Crippen LogP contribution in [0, 0.1) is 23.3 Å². The van der Waals surface area contributed by atoms with Crippen LogP contribution in [-0.2, 0) is 10.4 Å². The molecule has 2 aromatic carbocycles. The van der Waals surface area contributed by atoms with Crippen LogP contribution in [0.25, 0.3) is 0 Å². The van der Waals surface area contributed by atoms with Gasteiger partial charge in [-0.05, 0) is 24.3 Å². The van der Waals surface area contributed by atoms with E-state index in [-0.39, 0.29) is 0 Å². The molecule has 0 fully saturated rings. The number of aliphatic carboxylic acids is 1. The molecule has 0 aliphatic rings. The Labute approximate surface area is 116 Å². The Hall–Kier alpha value is -2.41. The third-order valence-electron chi connectivity index (χ3n) is 2.87. The van der Waals surface area contributed by atoms with Crippen molar-refractivity contribution in [2.45, 2.75) is 5.60 Å². The van der Waals surface area contributed by atoms with E-state index in [0.717, 1.165) is 0 Å². The van der Waals surface area contributed by atoms with Gasteiger partial charge in [0.1, 0.15) is 23.3 Å². The van der Waals surface area contributed by atoms with Crippen molar-refractivity contribution in [1.82, 2.24) is 0 Å². The number of hydrogen-bond donors (Lipinski definition) is 2. The van der Waals surface area contributed by atoms with E-state index >= 15 is 0 Å². The Bertz CT molecular complexity index is 623. The van der Waals surface area contributed by atoms with Crippen molar-refractivity contribution >= 4 is 5.97 Å². The van der Waals surface area contributed by atoms with Crippen LogP contribution in [0.1, 0.15) is 11.1 Å². The first-order valence-corrected chi connectivity index (χ1v) is 5.62. The fraction of sp³-hybridized carbons (Fsp3) is 0.0714. The number of halogens is 4. The van der Waals surface area contributed by atoms with Gasteiger partial charge in [0, 0.05) is 23.3 Å². The smallest absolute Gasteiger partial charge is 0.345 e. The summed E-state index contributed by atoms with van der Waals surface area (Å²) in [6.07, 6.45) is 0. The van der Waals surface area contributed by atoms with Gasteiger partial charge in [0.25, 0.3) is 0 Å². The Morgan fingerprint density at radius 2 is 1.05 bits per heavy atom. The number of aliphatic hydroxyl groups is 1. The number of carbonyl (C=O) groups is 1. The highest BCUT2D eigenvalue weighted by Crippen LogP contribution is 2.32. The third kappa shape index (κ3) is 2.73. The molecular formula is C14H8F4O3.